The number of oxazole rings is 1. The molecule has 5 nitrogen and oxygen atoms in total. The summed E-state index contributed by atoms with van der Waals surface area (Å²) in [7, 11) is 1.95. The SMILES string of the molecule is CCc1nn(C)c(CSc2nc3ccc(N)cc3o2)c1Br. The van der Waals surface area contributed by atoms with Crippen LogP contribution < -0.4 is 5.73 Å². The quantitative estimate of drug-likeness (QED) is 0.562. The molecule has 1 aromatic carbocycles. The minimum Gasteiger partial charge on any atom is -0.431 e. The zero-order valence-corrected chi connectivity index (χ0v) is 14.2. The van der Waals surface area contributed by atoms with Gasteiger partial charge in [-0.1, -0.05) is 18.7 Å². The zero-order valence-electron chi connectivity index (χ0n) is 11.8. The van der Waals surface area contributed by atoms with Gasteiger partial charge in [-0.25, -0.2) is 4.98 Å². The number of benzene rings is 1. The highest BCUT2D eigenvalue weighted by Gasteiger charge is 2.14. The lowest BCUT2D eigenvalue weighted by molar-refractivity contribution is 0.489. The summed E-state index contributed by atoms with van der Waals surface area (Å²) in [5.41, 5.74) is 10.2. The maximum atomic E-state index is 5.74. The number of aryl methyl sites for hydroxylation is 2. The molecule has 2 heterocycles. The Bertz CT molecular complexity index is 796. The summed E-state index contributed by atoms with van der Waals surface area (Å²) in [4.78, 5) is 4.45. The third-order valence-corrected chi connectivity index (χ3v) is 4.98. The summed E-state index contributed by atoms with van der Waals surface area (Å²) >= 11 is 5.16. The van der Waals surface area contributed by atoms with Gasteiger partial charge in [-0.05, 0) is 34.5 Å². The van der Waals surface area contributed by atoms with Crippen molar-refractivity contribution in [1.29, 1.82) is 0 Å². The molecule has 0 unspecified atom stereocenters. The average molecular weight is 367 g/mol. The highest BCUT2D eigenvalue weighted by molar-refractivity contribution is 9.10. The fourth-order valence-corrected chi connectivity index (χ4v) is 3.93. The van der Waals surface area contributed by atoms with Gasteiger partial charge in [-0.15, -0.1) is 0 Å². The summed E-state index contributed by atoms with van der Waals surface area (Å²) in [5, 5.41) is 5.12. The van der Waals surface area contributed by atoms with Crippen molar-refractivity contribution in [3.05, 3.63) is 34.1 Å². The maximum absolute atomic E-state index is 5.74. The molecule has 0 amide bonds. The van der Waals surface area contributed by atoms with Crippen molar-refractivity contribution < 1.29 is 4.42 Å². The number of halogens is 1. The first-order valence-electron chi connectivity index (χ1n) is 6.57. The van der Waals surface area contributed by atoms with Gasteiger partial charge in [-0.2, -0.15) is 5.10 Å². The number of rotatable bonds is 4. The van der Waals surface area contributed by atoms with Crippen molar-refractivity contribution in [2.75, 3.05) is 5.73 Å². The fourth-order valence-electron chi connectivity index (χ4n) is 2.09. The van der Waals surface area contributed by atoms with Crippen LogP contribution in [0.1, 0.15) is 18.3 Å². The molecule has 110 valence electrons. The molecule has 2 aromatic heterocycles. The van der Waals surface area contributed by atoms with Crippen LogP contribution in [0.5, 0.6) is 0 Å². The number of nitrogens with zero attached hydrogens (tertiary/aromatic N) is 3. The average Bonchev–Trinajstić information content (AvgIpc) is 2.97. The third kappa shape index (κ3) is 2.80. The molecule has 0 aliphatic carbocycles. The van der Waals surface area contributed by atoms with Gasteiger partial charge in [0.2, 0.25) is 0 Å². The van der Waals surface area contributed by atoms with E-state index in [9.17, 15) is 0 Å². The van der Waals surface area contributed by atoms with Gasteiger partial charge >= 0.3 is 0 Å². The Kier molecular flexibility index (Phi) is 3.95. The molecular formula is C14H15BrN4OS. The molecule has 0 bridgehead atoms. The van der Waals surface area contributed by atoms with E-state index in [1.54, 1.807) is 17.8 Å². The first-order chi connectivity index (χ1) is 10.1. The summed E-state index contributed by atoms with van der Waals surface area (Å²) in [6.45, 7) is 2.09. The molecule has 7 heteroatoms. The molecule has 0 aliphatic heterocycles. The summed E-state index contributed by atoms with van der Waals surface area (Å²) in [5.74, 6) is 0.742. The Labute approximate surface area is 135 Å². The number of nitrogens with two attached hydrogens (primary N) is 1. The van der Waals surface area contributed by atoms with E-state index in [1.807, 2.05) is 23.9 Å². The highest BCUT2D eigenvalue weighted by atomic mass is 79.9. The van der Waals surface area contributed by atoms with Gasteiger partial charge in [0.25, 0.3) is 5.22 Å². The standard InChI is InChI=1S/C14H15BrN4OS/c1-3-9-13(15)11(19(2)18-9)7-21-14-17-10-5-4-8(16)6-12(10)20-14/h4-6H,3,7,16H2,1-2H3. The third-order valence-electron chi connectivity index (χ3n) is 3.23. The molecule has 2 N–H and O–H groups in total. The molecule has 0 aliphatic rings. The molecule has 3 aromatic rings. The number of aromatic nitrogens is 3. The van der Waals surface area contributed by atoms with Gasteiger partial charge < -0.3 is 10.2 Å². The number of anilines is 1. The summed E-state index contributed by atoms with van der Waals surface area (Å²) in [6, 6.07) is 5.49. The number of hydrogen-bond acceptors (Lipinski definition) is 5. The van der Waals surface area contributed by atoms with E-state index in [2.05, 4.69) is 32.9 Å². The first-order valence-corrected chi connectivity index (χ1v) is 8.35. The van der Waals surface area contributed by atoms with Gasteiger partial charge in [0.1, 0.15) is 5.52 Å². The Morgan fingerprint density at radius 3 is 2.95 bits per heavy atom. The van der Waals surface area contributed by atoms with Crippen molar-refractivity contribution in [2.24, 2.45) is 7.05 Å². The molecule has 0 spiro atoms. The lowest BCUT2D eigenvalue weighted by Crippen LogP contribution is -1.96. The van der Waals surface area contributed by atoms with Crippen molar-refractivity contribution in [3.8, 4) is 0 Å². The van der Waals surface area contributed by atoms with Gasteiger partial charge in [-0.3, -0.25) is 4.68 Å². The molecule has 0 saturated carbocycles. The van der Waals surface area contributed by atoms with Crippen LogP contribution in [-0.4, -0.2) is 14.8 Å². The van der Waals surface area contributed by atoms with Crippen molar-refractivity contribution in [3.63, 3.8) is 0 Å². The Balaban J connectivity index is 1.81. The Morgan fingerprint density at radius 2 is 2.24 bits per heavy atom. The number of fused-ring (bicyclic) bond motifs is 1. The molecule has 0 radical (unpaired) electrons. The minimum absolute atomic E-state index is 0.641. The van der Waals surface area contributed by atoms with E-state index >= 15 is 0 Å². The van der Waals surface area contributed by atoms with Crippen LogP contribution in [0.4, 0.5) is 5.69 Å². The number of nitrogen functional groups attached to an aromatic ring is 1. The highest BCUT2D eigenvalue weighted by Crippen LogP contribution is 2.30. The van der Waals surface area contributed by atoms with E-state index in [4.69, 9.17) is 10.2 Å². The minimum atomic E-state index is 0.641. The van der Waals surface area contributed by atoms with Crippen LogP contribution in [0.25, 0.3) is 11.1 Å². The predicted molar refractivity (Wildman–Crippen MR) is 88.3 cm³/mol. The van der Waals surface area contributed by atoms with Crippen LogP contribution in [0, 0.1) is 0 Å². The van der Waals surface area contributed by atoms with Crippen molar-refractivity contribution in [1.82, 2.24) is 14.8 Å². The smallest absolute Gasteiger partial charge is 0.257 e. The second-order valence-electron chi connectivity index (χ2n) is 4.68. The summed E-state index contributed by atoms with van der Waals surface area (Å²) < 4.78 is 8.68. The molecule has 0 saturated heterocycles. The van der Waals surface area contributed by atoms with Crippen LogP contribution in [-0.2, 0) is 19.2 Å². The van der Waals surface area contributed by atoms with E-state index in [-0.39, 0.29) is 0 Å². The maximum Gasteiger partial charge on any atom is 0.257 e. The largest absolute Gasteiger partial charge is 0.431 e. The Morgan fingerprint density at radius 1 is 1.43 bits per heavy atom. The van der Waals surface area contributed by atoms with E-state index in [1.165, 1.54) is 0 Å². The van der Waals surface area contributed by atoms with Crippen molar-refractivity contribution in [2.45, 2.75) is 24.3 Å². The van der Waals surface area contributed by atoms with Crippen LogP contribution >= 0.6 is 27.7 Å². The van der Waals surface area contributed by atoms with Crippen LogP contribution in [0.2, 0.25) is 0 Å². The molecule has 0 atom stereocenters. The zero-order chi connectivity index (χ0) is 15.0. The number of hydrogen-bond donors (Lipinski definition) is 1. The van der Waals surface area contributed by atoms with Gasteiger partial charge in [0.05, 0.1) is 15.9 Å². The second-order valence-corrected chi connectivity index (χ2v) is 6.40. The normalized spacial score (nSPS) is 11.4. The van der Waals surface area contributed by atoms with Gasteiger partial charge in [0, 0.05) is 24.6 Å². The van der Waals surface area contributed by atoms with E-state index in [0.29, 0.717) is 10.9 Å². The summed E-state index contributed by atoms with van der Waals surface area (Å²) in [6.07, 6.45) is 0.904. The van der Waals surface area contributed by atoms with E-state index in [0.717, 1.165) is 39.1 Å². The van der Waals surface area contributed by atoms with E-state index < -0.39 is 0 Å². The van der Waals surface area contributed by atoms with Crippen molar-refractivity contribution >= 4 is 44.5 Å². The molecule has 21 heavy (non-hydrogen) atoms. The topological polar surface area (TPSA) is 69.9 Å². The lowest BCUT2D eigenvalue weighted by Gasteiger charge is -2.00. The van der Waals surface area contributed by atoms with Crippen LogP contribution in [0.3, 0.4) is 0 Å². The van der Waals surface area contributed by atoms with Crippen LogP contribution in [0.15, 0.2) is 32.3 Å². The lowest BCUT2D eigenvalue weighted by atomic mass is 10.3. The monoisotopic (exact) mass is 366 g/mol. The predicted octanol–water partition coefficient (Wildman–Crippen LogP) is 3.76. The second kappa shape index (κ2) is 5.73. The molecular weight excluding hydrogens is 352 g/mol. The molecule has 0 fully saturated rings. The Hall–Kier alpha value is -1.47. The van der Waals surface area contributed by atoms with Gasteiger partial charge in [0.15, 0.2) is 5.58 Å². The fraction of sp³-hybridized carbons (Fsp3) is 0.286. The molecule has 3 rings (SSSR count). The number of thioether (sulfide) groups is 1. The first kappa shape index (κ1) is 14.5.